The van der Waals surface area contributed by atoms with Crippen LogP contribution in [-0.2, 0) is 57.6 Å². The Hall–Kier alpha value is 2.09. The van der Waals surface area contributed by atoms with Crippen LogP contribution in [0.3, 0.4) is 0 Å². The maximum Gasteiger partial charge on any atom is 4.00 e. The van der Waals surface area contributed by atoms with Crippen LogP contribution in [0.15, 0.2) is 0 Å². The predicted octanol–water partition coefficient (Wildman–Crippen LogP) is -0.742. The van der Waals surface area contributed by atoms with Gasteiger partial charge in [0.15, 0.2) is 0 Å². The monoisotopic (exact) mass is 275 g/mol. The number of hydrogen-bond acceptors (Lipinski definition) is 0. The molecule has 6 heavy (non-hydrogen) atoms. The molecular formula is InO3TiZn+3. The van der Waals surface area contributed by atoms with E-state index < -0.39 is 0 Å². The molecule has 0 aromatic heterocycles. The van der Waals surface area contributed by atoms with Gasteiger partial charge in [0.05, 0.1) is 0 Å². The first kappa shape index (κ1) is 93.2. The molecule has 0 aliphatic rings. The summed E-state index contributed by atoms with van der Waals surface area (Å²) in [6.45, 7) is 0. The summed E-state index contributed by atoms with van der Waals surface area (Å²) in [6.07, 6.45) is 0. The number of rotatable bonds is 0. The quantitative estimate of drug-likeness (QED) is 0.522. The number of hydrogen-bond donors (Lipinski definition) is 0. The molecular weight excluding hydrogens is 276 g/mol. The van der Waals surface area contributed by atoms with Crippen LogP contribution in [0, 0.1) is 0 Å². The first-order valence-electron chi connectivity index (χ1n) is 0. The summed E-state index contributed by atoms with van der Waals surface area (Å²) in [7, 11) is 0. The van der Waals surface area contributed by atoms with E-state index in [9.17, 15) is 0 Å². The van der Waals surface area contributed by atoms with Gasteiger partial charge in [-0.1, -0.05) is 0 Å². The molecule has 0 bridgehead atoms. The van der Waals surface area contributed by atoms with Crippen molar-refractivity contribution in [2.75, 3.05) is 0 Å². The van der Waals surface area contributed by atoms with Crippen molar-refractivity contribution in [1.82, 2.24) is 0 Å². The Bertz CT molecular complexity index is 10.8. The summed E-state index contributed by atoms with van der Waals surface area (Å²) >= 11 is 0. The minimum Gasteiger partial charge on any atom is -2.00 e. The summed E-state index contributed by atoms with van der Waals surface area (Å²) in [6, 6.07) is 0. The van der Waals surface area contributed by atoms with Crippen LogP contribution < -0.4 is 0 Å². The van der Waals surface area contributed by atoms with Crippen LogP contribution >= 0.6 is 0 Å². The molecule has 24 valence electrons. The largest absolute Gasteiger partial charge is 4.00 e. The SMILES string of the molecule is [In+3].[O-2].[O-2].[O-2].[Ti+4].[Zn+2]. The molecule has 0 unspecified atom stereocenters. The Labute approximate surface area is 82.6 Å². The van der Waals surface area contributed by atoms with Crippen molar-refractivity contribution in [3.63, 3.8) is 0 Å². The third-order valence-corrected chi connectivity index (χ3v) is 0. The van der Waals surface area contributed by atoms with Gasteiger partial charge in [-0.3, -0.25) is 0 Å². The van der Waals surface area contributed by atoms with Gasteiger partial charge in [0, 0.05) is 0 Å². The van der Waals surface area contributed by atoms with Crippen LogP contribution in [0.1, 0.15) is 0 Å². The molecule has 0 fully saturated rings. The fourth-order valence-corrected chi connectivity index (χ4v) is 0. The summed E-state index contributed by atoms with van der Waals surface area (Å²) < 4.78 is 0. The minimum absolute atomic E-state index is 0. The molecule has 0 rings (SSSR count). The van der Waals surface area contributed by atoms with E-state index in [4.69, 9.17) is 0 Å². The second kappa shape index (κ2) is 60.3. The Morgan fingerprint density at radius 3 is 0.667 bits per heavy atom. The molecule has 0 N–H and O–H groups in total. The van der Waals surface area contributed by atoms with Crippen molar-refractivity contribution in [3.05, 3.63) is 0 Å². The molecule has 0 aliphatic carbocycles. The van der Waals surface area contributed by atoms with Crippen LogP contribution in [-0.4, -0.2) is 25.8 Å². The van der Waals surface area contributed by atoms with Crippen molar-refractivity contribution < 1.29 is 57.6 Å². The summed E-state index contributed by atoms with van der Waals surface area (Å²) in [4.78, 5) is 0. The zero-order valence-electron chi connectivity index (χ0n) is 3.01. The van der Waals surface area contributed by atoms with E-state index in [1.807, 2.05) is 0 Å². The maximum atomic E-state index is 0. The van der Waals surface area contributed by atoms with E-state index in [0.717, 1.165) is 0 Å². The van der Waals surface area contributed by atoms with Gasteiger partial charge < -0.3 is 16.4 Å². The standard InChI is InChI=1S/In.3O.Ti.Zn/q+3;3*-2;+4;+2. The molecule has 0 saturated heterocycles. The fraction of sp³-hybridized carbons (Fsp3) is 0. The molecule has 0 aliphatic heterocycles. The van der Waals surface area contributed by atoms with E-state index in [0.29, 0.717) is 0 Å². The van der Waals surface area contributed by atoms with Gasteiger partial charge in [0.25, 0.3) is 0 Å². The molecule has 0 heterocycles. The van der Waals surface area contributed by atoms with Crippen LogP contribution in [0.4, 0.5) is 0 Å². The second-order valence-corrected chi connectivity index (χ2v) is 0. The topological polar surface area (TPSA) is 85.5 Å². The molecule has 0 atom stereocenters. The summed E-state index contributed by atoms with van der Waals surface area (Å²) in [5, 5.41) is 0. The first-order chi connectivity index (χ1) is 0. The molecule has 0 aromatic rings. The van der Waals surface area contributed by atoms with Crippen molar-refractivity contribution in [2.24, 2.45) is 0 Å². The molecule has 0 amide bonds. The molecule has 0 spiro atoms. The summed E-state index contributed by atoms with van der Waals surface area (Å²) in [5.74, 6) is 0. The Kier molecular flexibility index (Phi) is 936. The van der Waals surface area contributed by atoms with Crippen LogP contribution in [0.5, 0.6) is 0 Å². The van der Waals surface area contributed by atoms with Crippen LogP contribution in [0.2, 0.25) is 0 Å². The van der Waals surface area contributed by atoms with Gasteiger partial charge in [-0.05, 0) is 0 Å². The van der Waals surface area contributed by atoms with E-state index in [1.54, 1.807) is 0 Å². The smallest absolute Gasteiger partial charge is 2.00 e. The van der Waals surface area contributed by atoms with Crippen LogP contribution in [0.25, 0.3) is 0 Å². The molecule has 6 heteroatoms. The van der Waals surface area contributed by atoms with Crippen molar-refractivity contribution in [2.45, 2.75) is 0 Å². The van der Waals surface area contributed by atoms with Crippen molar-refractivity contribution in [3.8, 4) is 0 Å². The minimum atomic E-state index is 0. The molecule has 3 nitrogen and oxygen atoms in total. The maximum absolute atomic E-state index is 0. The average Bonchev–Trinajstić information content (AvgIpc) is 0. The van der Waals surface area contributed by atoms with Gasteiger partial charge in [-0.15, -0.1) is 0 Å². The second-order valence-electron chi connectivity index (χ2n) is 0. The molecule has 0 saturated carbocycles. The summed E-state index contributed by atoms with van der Waals surface area (Å²) in [5.41, 5.74) is 0. The Morgan fingerprint density at radius 1 is 0.667 bits per heavy atom. The third-order valence-electron chi connectivity index (χ3n) is 0. The van der Waals surface area contributed by atoms with E-state index in [1.165, 1.54) is 0 Å². The third kappa shape index (κ3) is 36.2. The Morgan fingerprint density at radius 2 is 0.667 bits per heavy atom. The normalized spacial score (nSPS) is 0. The molecule has 0 radical (unpaired) electrons. The van der Waals surface area contributed by atoms with Gasteiger partial charge >= 0.3 is 67.0 Å². The van der Waals surface area contributed by atoms with E-state index in [-0.39, 0.29) is 83.5 Å². The van der Waals surface area contributed by atoms with Gasteiger partial charge in [-0.2, -0.15) is 0 Å². The predicted molar refractivity (Wildman–Crippen MR) is 7.81 cm³/mol. The zero-order chi connectivity index (χ0) is 0. The van der Waals surface area contributed by atoms with Crippen molar-refractivity contribution >= 4 is 25.8 Å². The zero-order valence-corrected chi connectivity index (χ0v) is 10.8. The fourth-order valence-electron chi connectivity index (χ4n) is 0. The molecule has 0 aromatic carbocycles. The first-order valence-corrected chi connectivity index (χ1v) is 0. The van der Waals surface area contributed by atoms with Gasteiger partial charge in [-0.25, -0.2) is 0 Å². The average molecular weight is 276 g/mol. The Balaban J connectivity index is 0. The van der Waals surface area contributed by atoms with E-state index in [2.05, 4.69) is 0 Å². The van der Waals surface area contributed by atoms with Gasteiger partial charge in [0.2, 0.25) is 0 Å². The van der Waals surface area contributed by atoms with Crippen molar-refractivity contribution in [1.29, 1.82) is 0 Å². The van der Waals surface area contributed by atoms with Gasteiger partial charge in [0.1, 0.15) is 0 Å². The van der Waals surface area contributed by atoms with E-state index >= 15 is 0 Å².